The van der Waals surface area contributed by atoms with Crippen LogP contribution in [0, 0.1) is 11.9 Å². The highest BCUT2D eigenvalue weighted by Crippen LogP contribution is 2.19. The molecule has 1 fully saturated rings. The molecule has 116 valence electrons. The highest BCUT2D eigenvalue weighted by atomic mass is 19.1. The molecule has 5 heteroatoms. The van der Waals surface area contributed by atoms with Gasteiger partial charge in [0.1, 0.15) is 5.82 Å². The first-order valence-corrected chi connectivity index (χ1v) is 7.64. The Hall–Kier alpha value is -1.65. The molecule has 0 aromatic carbocycles. The van der Waals surface area contributed by atoms with Crippen molar-refractivity contribution in [3.05, 3.63) is 24.1 Å². The lowest BCUT2D eigenvalue weighted by Crippen LogP contribution is -2.54. The number of rotatable bonds is 4. The third kappa shape index (κ3) is 4.16. The maximum atomic E-state index is 13.2. The molecule has 1 amide bonds. The SMILES string of the molecule is CC(C)CCC(=O)N1CCN(c2cccc(F)n2)C(C)C1. The van der Waals surface area contributed by atoms with E-state index in [0.29, 0.717) is 37.8 Å². The average Bonchev–Trinajstić information content (AvgIpc) is 2.44. The summed E-state index contributed by atoms with van der Waals surface area (Å²) in [5.74, 6) is 0.957. The molecule has 0 N–H and O–H groups in total. The minimum atomic E-state index is -0.463. The number of anilines is 1. The largest absolute Gasteiger partial charge is 0.350 e. The van der Waals surface area contributed by atoms with Gasteiger partial charge in [-0.3, -0.25) is 4.79 Å². The molecule has 1 aliphatic rings. The summed E-state index contributed by atoms with van der Waals surface area (Å²) >= 11 is 0. The van der Waals surface area contributed by atoms with Crippen molar-refractivity contribution in [3.8, 4) is 0 Å². The Morgan fingerprint density at radius 1 is 1.43 bits per heavy atom. The lowest BCUT2D eigenvalue weighted by molar-refractivity contribution is -0.132. The Balaban J connectivity index is 1.94. The van der Waals surface area contributed by atoms with Crippen molar-refractivity contribution >= 4 is 11.7 Å². The van der Waals surface area contributed by atoms with Gasteiger partial charge >= 0.3 is 0 Å². The molecule has 4 nitrogen and oxygen atoms in total. The van der Waals surface area contributed by atoms with E-state index < -0.39 is 5.95 Å². The van der Waals surface area contributed by atoms with E-state index >= 15 is 0 Å². The lowest BCUT2D eigenvalue weighted by atomic mass is 10.1. The number of aromatic nitrogens is 1. The smallest absolute Gasteiger partial charge is 0.222 e. The molecule has 0 saturated carbocycles. The highest BCUT2D eigenvalue weighted by Gasteiger charge is 2.27. The van der Waals surface area contributed by atoms with E-state index in [0.717, 1.165) is 6.42 Å². The quantitative estimate of drug-likeness (QED) is 0.801. The zero-order valence-corrected chi connectivity index (χ0v) is 13.1. The van der Waals surface area contributed by atoms with Gasteiger partial charge in [0.2, 0.25) is 11.9 Å². The number of piperazine rings is 1. The van der Waals surface area contributed by atoms with Crippen LogP contribution in [0.4, 0.5) is 10.2 Å². The van der Waals surface area contributed by atoms with Crippen LogP contribution in [0.2, 0.25) is 0 Å². The van der Waals surface area contributed by atoms with E-state index in [1.54, 1.807) is 6.07 Å². The molecule has 0 radical (unpaired) electrons. The summed E-state index contributed by atoms with van der Waals surface area (Å²) in [7, 11) is 0. The van der Waals surface area contributed by atoms with Crippen LogP contribution in [-0.4, -0.2) is 41.5 Å². The number of carbonyl (C=O) groups excluding carboxylic acids is 1. The van der Waals surface area contributed by atoms with Gasteiger partial charge in [0, 0.05) is 32.1 Å². The third-order valence-corrected chi connectivity index (χ3v) is 3.91. The summed E-state index contributed by atoms with van der Waals surface area (Å²) in [5.41, 5.74) is 0. The van der Waals surface area contributed by atoms with Crippen LogP contribution in [0.25, 0.3) is 0 Å². The summed E-state index contributed by atoms with van der Waals surface area (Å²) in [6.07, 6.45) is 1.54. The molecule has 0 bridgehead atoms. The molecule has 2 heterocycles. The van der Waals surface area contributed by atoms with E-state index in [-0.39, 0.29) is 11.9 Å². The fourth-order valence-corrected chi connectivity index (χ4v) is 2.65. The summed E-state index contributed by atoms with van der Waals surface area (Å²) < 4.78 is 13.2. The van der Waals surface area contributed by atoms with Gasteiger partial charge in [-0.25, -0.2) is 4.98 Å². The van der Waals surface area contributed by atoms with Crippen molar-refractivity contribution in [2.75, 3.05) is 24.5 Å². The van der Waals surface area contributed by atoms with Gasteiger partial charge < -0.3 is 9.80 Å². The monoisotopic (exact) mass is 293 g/mol. The normalized spacial score (nSPS) is 19.2. The molecule has 1 atom stereocenters. The Morgan fingerprint density at radius 3 is 2.81 bits per heavy atom. The molecular formula is C16H24FN3O. The van der Waals surface area contributed by atoms with Crippen molar-refractivity contribution in [3.63, 3.8) is 0 Å². The van der Waals surface area contributed by atoms with E-state index in [9.17, 15) is 9.18 Å². The minimum absolute atomic E-state index is 0.149. The predicted molar refractivity (Wildman–Crippen MR) is 81.7 cm³/mol. The standard InChI is InChI=1S/C16H24FN3O/c1-12(2)7-8-16(21)19-9-10-20(13(3)11-19)15-6-4-5-14(17)18-15/h4-6,12-13H,7-11H2,1-3H3. The van der Waals surface area contributed by atoms with Crippen molar-refractivity contribution in [2.45, 2.75) is 39.7 Å². The predicted octanol–water partition coefficient (Wildman–Crippen LogP) is 2.69. The Morgan fingerprint density at radius 2 is 2.19 bits per heavy atom. The first kappa shape index (κ1) is 15.7. The molecule has 0 aliphatic carbocycles. The van der Waals surface area contributed by atoms with E-state index in [4.69, 9.17) is 0 Å². The van der Waals surface area contributed by atoms with Gasteiger partial charge in [0.25, 0.3) is 0 Å². The van der Waals surface area contributed by atoms with Gasteiger partial charge in [0.05, 0.1) is 0 Å². The zero-order chi connectivity index (χ0) is 15.4. The van der Waals surface area contributed by atoms with Crippen LogP contribution in [0.5, 0.6) is 0 Å². The third-order valence-electron chi connectivity index (χ3n) is 3.91. The van der Waals surface area contributed by atoms with Crippen molar-refractivity contribution in [1.29, 1.82) is 0 Å². The van der Waals surface area contributed by atoms with E-state index in [2.05, 4.69) is 30.7 Å². The lowest BCUT2D eigenvalue weighted by Gasteiger charge is -2.40. The van der Waals surface area contributed by atoms with Crippen LogP contribution < -0.4 is 4.90 Å². The van der Waals surface area contributed by atoms with Crippen molar-refractivity contribution in [1.82, 2.24) is 9.88 Å². The molecule has 1 aromatic heterocycles. The molecule has 1 unspecified atom stereocenters. The second kappa shape index (κ2) is 6.87. The van der Waals surface area contributed by atoms with Crippen molar-refractivity contribution < 1.29 is 9.18 Å². The molecule has 2 rings (SSSR count). The number of amides is 1. The van der Waals surface area contributed by atoms with E-state index in [1.165, 1.54) is 6.07 Å². The molecule has 1 saturated heterocycles. The Kier molecular flexibility index (Phi) is 5.15. The van der Waals surface area contributed by atoms with Crippen LogP contribution in [-0.2, 0) is 4.79 Å². The second-order valence-electron chi connectivity index (χ2n) is 6.13. The molecule has 1 aliphatic heterocycles. The Bertz CT molecular complexity index is 492. The van der Waals surface area contributed by atoms with E-state index in [1.807, 2.05) is 11.0 Å². The molecular weight excluding hydrogens is 269 g/mol. The first-order valence-electron chi connectivity index (χ1n) is 7.64. The van der Waals surface area contributed by atoms with Gasteiger partial charge in [-0.15, -0.1) is 0 Å². The second-order valence-corrected chi connectivity index (χ2v) is 6.13. The number of carbonyl (C=O) groups is 1. The zero-order valence-electron chi connectivity index (χ0n) is 13.1. The number of pyridine rings is 1. The number of halogens is 1. The minimum Gasteiger partial charge on any atom is -0.350 e. The molecule has 1 aromatic rings. The summed E-state index contributed by atoms with van der Waals surface area (Å²) in [6.45, 7) is 8.36. The van der Waals surface area contributed by atoms with Crippen molar-refractivity contribution in [2.24, 2.45) is 5.92 Å². The topological polar surface area (TPSA) is 36.4 Å². The maximum absolute atomic E-state index is 13.2. The number of hydrogen-bond donors (Lipinski definition) is 0. The fraction of sp³-hybridized carbons (Fsp3) is 0.625. The fourth-order valence-electron chi connectivity index (χ4n) is 2.65. The number of nitrogens with zero attached hydrogens (tertiary/aromatic N) is 3. The van der Waals surface area contributed by atoms with Gasteiger partial charge in [-0.1, -0.05) is 19.9 Å². The Labute approximate surface area is 126 Å². The molecule has 21 heavy (non-hydrogen) atoms. The van der Waals surface area contributed by atoms with Gasteiger partial charge in [0.15, 0.2) is 0 Å². The van der Waals surface area contributed by atoms with Crippen LogP contribution in [0.1, 0.15) is 33.6 Å². The maximum Gasteiger partial charge on any atom is 0.222 e. The summed E-state index contributed by atoms with van der Waals surface area (Å²) in [4.78, 5) is 20.1. The molecule has 0 spiro atoms. The van der Waals surface area contributed by atoms with Gasteiger partial charge in [-0.05, 0) is 31.4 Å². The summed E-state index contributed by atoms with van der Waals surface area (Å²) in [6, 6.07) is 4.98. The van der Waals surface area contributed by atoms with Crippen LogP contribution in [0.15, 0.2) is 18.2 Å². The highest BCUT2D eigenvalue weighted by molar-refractivity contribution is 5.76. The first-order chi connectivity index (χ1) is 9.97. The summed E-state index contributed by atoms with van der Waals surface area (Å²) in [5, 5.41) is 0. The van der Waals surface area contributed by atoms with Crippen LogP contribution in [0.3, 0.4) is 0 Å². The number of hydrogen-bond acceptors (Lipinski definition) is 3. The van der Waals surface area contributed by atoms with Crippen LogP contribution >= 0.6 is 0 Å². The average molecular weight is 293 g/mol. The van der Waals surface area contributed by atoms with Gasteiger partial charge in [-0.2, -0.15) is 4.39 Å².